The summed E-state index contributed by atoms with van der Waals surface area (Å²) in [6, 6.07) is 6.56. The summed E-state index contributed by atoms with van der Waals surface area (Å²) in [4.78, 5) is 29.7. The zero-order valence-corrected chi connectivity index (χ0v) is 18.1. The maximum Gasteiger partial charge on any atom is 0.416 e. The summed E-state index contributed by atoms with van der Waals surface area (Å²) in [6.45, 7) is 0.338. The molecule has 2 aromatic rings. The molecule has 2 unspecified atom stereocenters. The highest BCUT2D eigenvalue weighted by atomic mass is 19.4. The Balaban J connectivity index is 1.66. The van der Waals surface area contributed by atoms with Crippen LogP contribution < -0.4 is 5.32 Å². The number of benzene rings is 1. The van der Waals surface area contributed by atoms with Gasteiger partial charge < -0.3 is 10.2 Å². The van der Waals surface area contributed by atoms with E-state index in [-0.39, 0.29) is 17.9 Å². The number of carbonyl (C=O) groups excluding carboxylic acids is 2. The number of rotatable bonds is 6. The van der Waals surface area contributed by atoms with E-state index in [4.69, 9.17) is 5.26 Å². The zero-order chi connectivity index (χ0) is 25.1. The van der Waals surface area contributed by atoms with Crippen LogP contribution >= 0.6 is 0 Å². The van der Waals surface area contributed by atoms with Gasteiger partial charge >= 0.3 is 6.18 Å². The van der Waals surface area contributed by atoms with Crippen molar-refractivity contribution in [1.29, 1.82) is 5.26 Å². The molecule has 1 aliphatic rings. The second-order valence-corrected chi connectivity index (χ2v) is 8.17. The number of hydrogen-bond donors (Lipinski definition) is 1. The van der Waals surface area contributed by atoms with Crippen LogP contribution in [0.3, 0.4) is 0 Å². The molecule has 0 radical (unpaired) electrons. The molecule has 6 nitrogen and oxygen atoms in total. The lowest BCUT2D eigenvalue weighted by atomic mass is 9.91. The Morgan fingerprint density at radius 3 is 2.56 bits per heavy atom. The molecule has 1 aromatic heterocycles. The molecular formula is C23H21F5N4O2. The summed E-state index contributed by atoms with van der Waals surface area (Å²) in [5, 5.41) is 11.4. The number of likely N-dealkylation sites (tertiary alicyclic amines) is 1. The summed E-state index contributed by atoms with van der Waals surface area (Å²) in [5.41, 5.74) is 0.576. The summed E-state index contributed by atoms with van der Waals surface area (Å²) in [6.07, 6.45) is -2.09. The van der Waals surface area contributed by atoms with Crippen LogP contribution in [0, 0.1) is 11.3 Å². The number of alkyl halides is 5. The fourth-order valence-corrected chi connectivity index (χ4v) is 3.81. The predicted octanol–water partition coefficient (Wildman–Crippen LogP) is 3.94. The number of pyridine rings is 1. The van der Waals surface area contributed by atoms with Crippen molar-refractivity contribution in [1.82, 2.24) is 15.2 Å². The third kappa shape index (κ3) is 5.87. The number of amides is 2. The molecule has 0 saturated carbocycles. The van der Waals surface area contributed by atoms with Gasteiger partial charge in [0.1, 0.15) is 6.04 Å². The van der Waals surface area contributed by atoms with Gasteiger partial charge in [0.15, 0.2) is 0 Å². The molecule has 1 aromatic carbocycles. The first kappa shape index (κ1) is 25.1. The van der Waals surface area contributed by atoms with Crippen molar-refractivity contribution >= 4 is 11.8 Å². The number of carbonyl (C=O) groups is 2. The van der Waals surface area contributed by atoms with Crippen LogP contribution in [0.5, 0.6) is 0 Å². The Bertz CT molecular complexity index is 1100. The van der Waals surface area contributed by atoms with Crippen LogP contribution in [0.2, 0.25) is 0 Å². The van der Waals surface area contributed by atoms with E-state index in [0.29, 0.717) is 11.1 Å². The Morgan fingerprint density at radius 2 is 1.94 bits per heavy atom. The Kier molecular flexibility index (Phi) is 7.19. The quantitative estimate of drug-likeness (QED) is 0.635. The highest BCUT2D eigenvalue weighted by Crippen LogP contribution is 2.32. The molecule has 2 atom stereocenters. The molecule has 1 fully saturated rings. The molecule has 2 heterocycles. The molecule has 11 heteroatoms. The van der Waals surface area contributed by atoms with Crippen LogP contribution in [0.1, 0.15) is 46.3 Å². The standard InChI is InChI=1S/C23H21F5N4O2/c1-14(15-2-4-17(5-3-15)23(26,27)28)8-16-11-30-7-6-19(16)21(34)31-12-20(33)32-13-22(24,25)9-18(32)10-29/h2-7,11,14,18H,8-9,12-13H2,1H3,(H,31,34). The van der Waals surface area contributed by atoms with Crippen molar-refractivity contribution in [3.05, 3.63) is 65.0 Å². The van der Waals surface area contributed by atoms with E-state index in [1.807, 2.05) is 0 Å². The molecule has 3 rings (SSSR count). The SMILES string of the molecule is CC(Cc1cnccc1C(=O)NCC(=O)N1CC(F)(F)CC1C#N)c1ccc(C(F)(F)F)cc1. The molecule has 0 aliphatic carbocycles. The number of nitriles is 1. The van der Waals surface area contributed by atoms with Crippen molar-refractivity contribution in [2.75, 3.05) is 13.1 Å². The lowest BCUT2D eigenvalue weighted by Crippen LogP contribution is -2.43. The molecular weight excluding hydrogens is 459 g/mol. The second-order valence-electron chi connectivity index (χ2n) is 8.17. The van der Waals surface area contributed by atoms with Gasteiger partial charge in [0, 0.05) is 24.4 Å². The normalized spacial score (nSPS) is 18.3. The highest BCUT2D eigenvalue weighted by Gasteiger charge is 2.47. The number of aromatic nitrogens is 1. The minimum Gasteiger partial charge on any atom is -0.343 e. The third-order valence-electron chi connectivity index (χ3n) is 5.62. The first-order valence-electron chi connectivity index (χ1n) is 10.4. The van der Waals surface area contributed by atoms with Crippen LogP contribution in [-0.4, -0.2) is 46.8 Å². The van der Waals surface area contributed by atoms with Gasteiger partial charge in [0.2, 0.25) is 5.91 Å². The number of nitrogens with zero attached hydrogens (tertiary/aromatic N) is 3. The van der Waals surface area contributed by atoms with E-state index in [1.165, 1.54) is 30.6 Å². The Morgan fingerprint density at radius 1 is 1.26 bits per heavy atom. The fourth-order valence-electron chi connectivity index (χ4n) is 3.81. The van der Waals surface area contributed by atoms with Gasteiger partial charge in [-0.3, -0.25) is 14.6 Å². The molecule has 2 amide bonds. The molecule has 180 valence electrons. The third-order valence-corrected chi connectivity index (χ3v) is 5.62. The minimum absolute atomic E-state index is 0.199. The van der Waals surface area contributed by atoms with Gasteiger partial charge in [-0.2, -0.15) is 18.4 Å². The molecule has 0 bridgehead atoms. The average Bonchev–Trinajstić information content (AvgIpc) is 3.11. The maximum atomic E-state index is 13.6. The van der Waals surface area contributed by atoms with E-state index >= 15 is 0 Å². The van der Waals surface area contributed by atoms with Crippen molar-refractivity contribution in [2.24, 2.45) is 0 Å². The Hall–Kier alpha value is -3.55. The lowest BCUT2D eigenvalue weighted by molar-refractivity contribution is -0.137. The van der Waals surface area contributed by atoms with Crippen molar-refractivity contribution in [3.8, 4) is 6.07 Å². The first-order chi connectivity index (χ1) is 15.9. The van der Waals surface area contributed by atoms with Gasteiger partial charge in [0.25, 0.3) is 11.8 Å². The molecule has 1 N–H and O–H groups in total. The maximum absolute atomic E-state index is 13.6. The minimum atomic E-state index is -4.44. The molecule has 0 spiro atoms. The van der Waals surface area contributed by atoms with Crippen LogP contribution in [0.4, 0.5) is 22.0 Å². The zero-order valence-electron chi connectivity index (χ0n) is 18.1. The predicted molar refractivity (Wildman–Crippen MR) is 111 cm³/mol. The molecule has 34 heavy (non-hydrogen) atoms. The first-order valence-corrected chi connectivity index (χ1v) is 10.4. The van der Waals surface area contributed by atoms with Crippen LogP contribution in [-0.2, 0) is 17.4 Å². The van der Waals surface area contributed by atoms with Gasteiger partial charge in [0.05, 0.1) is 24.7 Å². The highest BCUT2D eigenvalue weighted by molar-refractivity contribution is 5.97. The lowest BCUT2D eigenvalue weighted by Gasteiger charge is -2.20. The van der Waals surface area contributed by atoms with Crippen molar-refractivity contribution in [3.63, 3.8) is 0 Å². The van der Waals surface area contributed by atoms with Gasteiger partial charge in [-0.25, -0.2) is 8.78 Å². The van der Waals surface area contributed by atoms with E-state index < -0.39 is 55.0 Å². The van der Waals surface area contributed by atoms with E-state index in [9.17, 15) is 31.5 Å². The van der Waals surface area contributed by atoms with Gasteiger partial charge in [-0.05, 0) is 41.7 Å². The van der Waals surface area contributed by atoms with Crippen molar-refractivity contribution < 1.29 is 31.5 Å². The summed E-state index contributed by atoms with van der Waals surface area (Å²) < 4.78 is 65.5. The van der Waals surface area contributed by atoms with Crippen LogP contribution in [0.15, 0.2) is 42.7 Å². The van der Waals surface area contributed by atoms with Gasteiger partial charge in [-0.1, -0.05) is 19.1 Å². The topological polar surface area (TPSA) is 86.1 Å². The second kappa shape index (κ2) is 9.75. The fraction of sp³-hybridized carbons (Fsp3) is 0.391. The molecule has 1 saturated heterocycles. The van der Waals surface area contributed by atoms with E-state index in [2.05, 4.69) is 10.3 Å². The smallest absolute Gasteiger partial charge is 0.343 e. The summed E-state index contributed by atoms with van der Waals surface area (Å²) >= 11 is 0. The van der Waals surface area contributed by atoms with E-state index in [1.54, 1.807) is 13.0 Å². The van der Waals surface area contributed by atoms with Crippen LogP contribution in [0.25, 0.3) is 0 Å². The largest absolute Gasteiger partial charge is 0.416 e. The number of nitrogens with one attached hydrogen (secondary N) is 1. The van der Waals surface area contributed by atoms with E-state index in [0.717, 1.165) is 17.0 Å². The molecule has 1 aliphatic heterocycles. The summed E-state index contributed by atoms with van der Waals surface area (Å²) in [7, 11) is 0. The summed E-state index contributed by atoms with van der Waals surface area (Å²) in [5.74, 6) is -4.84. The average molecular weight is 480 g/mol. The van der Waals surface area contributed by atoms with Gasteiger partial charge in [-0.15, -0.1) is 0 Å². The monoisotopic (exact) mass is 480 g/mol. The number of hydrogen-bond acceptors (Lipinski definition) is 4. The van der Waals surface area contributed by atoms with Crippen molar-refractivity contribution in [2.45, 2.75) is 43.8 Å². The number of halogens is 5. The Labute approximate surface area is 192 Å².